The number of rotatable bonds is 6. The molecular weight excluding hydrogens is 462 g/mol. The number of amides is 2. The lowest BCUT2D eigenvalue weighted by Gasteiger charge is -2.12. The fraction of sp³-hybridized carbons (Fsp3) is 0.111. The van der Waals surface area contributed by atoms with Crippen LogP contribution in [0.4, 0.5) is 10.5 Å². The monoisotopic (exact) mass is 483 g/mol. The third-order valence-corrected chi connectivity index (χ3v) is 7.01. The number of fused-ring (bicyclic) bond motifs is 1. The van der Waals surface area contributed by atoms with Crippen LogP contribution in [0.25, 0.3) is 17.0 Å². The average Bonchev–Trinajstić information content (AvgIpc) is 3.28. The summed E-state index contributed by atoms with van der Waals surface area (Å²) in [5.41, 5.74) is 4.77. The third-order valence-electron chi connectivity index (χ3n) is 6.10. The van der Waals surface area contributed by atoms with E-state index in [-0.39, 0.29) is 23.4 Å². The van der Waals surface area contributed by atoms with Crippen LogP contribution in [0, 0.1) is 17.0 Å². The fourth-order valence-electron chi connectivity index (χ4n) is 4.28. The molecule has 3 aromatic carbocycles. The number of para-hydroxylation sites is 1. The quantitative estimate of drug-likeness (QED) is 0.187. The van der Waals surface area contributed by atoms with E-state index in [9.17, 15) is 19.7 Å². The Hall–Kier alpha value is -4.17. The number of nitro benzene ring substituents is 1. The minimum Gasteiger partial charge on any atom is -0.340 e. The van der Waals surface area contributed by atoms with Crippen LogP contribution in [-0.4, -0.2) is 25.5 Å². The highest BCUT2D eigenvalue weighted by atomic mass is 32.2. The zero-order valence-electron chi connectivity index (χ0n) is 18.9. The summed E-state index contributed by atoms with van der Waals surface area (Å²) in [5, 5.41) is 11.5. The van der Waals surface area contributed by atoms with E-state index in [2.05, 4.69) is 22.8 Å². The van der Waals surface area contributed by atoms with Gasteiger partial charge in [0.1, 0.15) is 0 Å². The summed E-state index contributed by atoms with van der Waals surface area (Å²) in [6, 6.07) is 24.1. The number of nitro groups is 1. The number of hydrogen-bond acceptors (Lipinski definition) is 5. The maximum Gasteiger partial charge on any atom is 0.293 e. The van der Waals surface area contributed by atoms with Gasteiger partial charge >= 0.3 is 0 Å². The van der Waals surface area contributed by atoms with Crippen molar-refractivity contribution < 1.29 is 14.5 Å². The van der Waals surface area contributed by atoms with Crippen molar-refractivity contribution in [1.82, 2.24) is 9.47 Å². The number of non-ortho nitro benzene ring substituents is 1. The van der Waals surface area contributed by atoms with E-state index in [4.69, 9.17) is 0 Å². The Morgan fingerprint density at radius 2 is 1.54 bits per heavy atom. The second-order valence-electron chi connectivity index (χ2n) is 8.28. The minimum absolute atomic E-state index is 0.0369. The molecule has 0 atom stereocenters. The van der Waals surface area contributed by atoms with E-state index >= 15 is 0 Å². The Morgan fingerprint density at radius 1 is 0.886 bits per heavy atom. The summed E-state index contributed by atoms with van der Waals surface area (Å²) in [6.07, 6.45) is 1.81. The Labute approximate surface area is 205 Å². The highest BCUT2D eigenvalue weighted by molar-refractivity contribution is 8.18. The molecule has 35 heavy (non-hydrogen) atoms. The molecule has 1 aliphatic heterocycles. The lowest BCUT2D eigenvalue weighted by atomic mass is 10.1. The molecule has 2 amide bonds. The lowest BCUT2D eigenvalue weighted by Crippen LogP contribution is -2.27. The molecule has 0 aliphatic carbocycles. The summed E-state index contributed by atoms with van der Waals surface area (Å²) >= 11 is 0.915. The molecule has 0 bridgehead atoms. The molecule has 1 aromatic heterocycles. The Bertz CT molecular complexity index is 1490. The highest BCUT2D eigenvalue weighted by Gasteiger charge is 2.35. The topological polar surface area (TPSA) is 85.5 Å². The van der Waals surface area contributed by atoms with Crippen molar-refractivity contribution in [3.63, 3.8) is 0 Å². The average molecular weight is 484 g/mol. The van der Waals surface area contributed by atoms with Gasteiger partial charge in [-0.15, -0.1) is 0 Å². The second kappa shape index (κ2) is 9.23. The SMILES string of the molecule is Cc1c(/C=C2\SC(=O)N(Cc3ccc([N+](=O)[O-])cc3)C2=O)c2ccccc2n1Cc1ccccc1. The maximum absolute atomic E-state index is 13.1. The normalized spacial score (nSPS) is 14.9. The number of thioether (sulfide) groups is 1. The van der Waals surface area contributed by atoms with Crippen LogP contribution in [0.3, 0.4) is 0 Å². The number of carbonyl (C=O) groups is 2. The molecule has 2 heterocycles. The van der Waals surface area contributed by atoms with Gasteiger partial charge in [0.2, 0.25) is 0 Å². The van der Waals surface area contributed by atoms with E-state index < -0.39 is 4.92 Å². The minimum atomic E-state index is -0.483. The van der Waals surface area contributed by atoms with Crippen molar-refractivity contribution in [2.75, 3.05) is 0 Å². The number of nitrogens with zero attached hydrogens (tertiary/aromatic N) is 3. The first kappa shape index (κ1) is 22.6. The summed E-state index contributed by atoms with van der Waals surface area (Å²) < 4.78 is 2.22. The number of imide groups is 1. The van der Waals surface area contributed by atoms with E-state index in [1.54, 1.807) is 18.2 Å². The van der Waals surface area contributed by atoms with Gasteiger partial charge in [-0.05, 0) is 42.0 Å². The molecule has 1 fully saturated rings. The van der Waals surface area contributed by atoms with Gasteiger partial charge in [0.25, 0.3) is 16.8 Å². The summed E-state index contributed by atoms with van der Waals surface area (Å²) in [7, 11) is 0. The molecule has 7 nitrogen and oxygen atoms in total. The van der Waals surface area contributed by atoms with E-state index in [0.717, 1.165) is 33.9 Å². The molecule has 0 spiro atoms. The molecule has 174 valence electrons. The van der Waals surface area contributed by atoms with Crippen LogP contribution in [0.5, 0.6) is 0 Å². The van der Waals surface area contributed by atoms with Crippen LogP contribution in [0.1, 0.15) is 22.4 Å². The van der Waals surface area contributed by atoms with Crippen molar-refractivity contribution in [1.29, 1.82) is 0 Å². The van der Waals surface area contributed by atoms with Crippen LogP contribution in [0.15, 0.2) is 83.8 Å². The zero-order chi connectivity index (χ0) is 24.5. The van der Waals surface area contributed by atoms with Gasteiger partial charge in [0, 0.05) is 40.8 Å². The molecule has 0 radical (unpaired) electrons. The van der Waals surface area contributed by atoms with Crippen molar-refractivity contribution in [2.24, 2.45) is 0 Å². The van der Waals surface area contributed by atoms with Gasteiger partial charge in [0.15, 0.2) is 0 Å². The van der Waals surface area contributed by atoms with Crippen molar-refractivity contribution >= 4 is 45.6 Å². The van der Waals surface area contributed by atoms with Gasteiger partial charge in [-0.25, -0.2) is 0 Å². The molecule has 5 rings (SSSR count). The van der Waals surface area contributed by atoms with Crippen molar-refractivity contribution in [3.8, 4) is 0 Å². The largest absolute Gasteiger partial charge is 0.340 e. The summed E-state index contributed by atoms with van der Waals surface area (Å²) in [4.78, 5) is 37.8. The van der Waals surface area contributed by atoms with Gasteiger partial charge in [-0.3, -0.25) is 24.6 Å². The second-order valence-corrected chi connectivity index (χ2v) is 9.27. The zero-order valence-corrected chi connectivity index (χ0v) is 19.7. The molecule has 1 aliphatic rings. The Balaban J connectivity index is 1.46. The Morgan fingerprint density at radius 3 is 2.26 bits per heavy atom. The van der Waals surface area contributed by atoms with Crippen LogP contribution >= 0.6 is 11.8 Å². The predicted molar refractivity (Wildman–Crippen MR) is 137 cm³/mol. The summed E-state index contributed by atoms with van der Waals surface area (Å²) in [5.74, 6) is -0.363. The number of carbonyl (C=O) groups excluding carboxylic acids is 2. The standard InChI is InChI=1S/C27H21N3O4S/c1-18-23(22-9-5-6-10-24(22)28(18)16-19-7-3-2-4-8-19)15-25-26(31)29(27(32)35-25)17-20-11-13-21(14-12-20)30(33)34/h2-15H,16-17H2,1H3/b25-15-. The molecular formula is C27H21N3O4S. The molecule has 0 saturated carbocycles. The van der Waals surface area contributed by atoms with Crippen molar-refractivity contribution in [3.05, 3.63) is 116 Å². The number of hydrogen-bond donors (Lipinski definition) is 0. The first-order valence-electron chi connectivity index (χ1n) is 11.0. The predicted octanol–water partition coefficient (Wildman–Crippen LogP) is 6.14. The first-order chi connectivity index (χ1) is 16.9. The first-order valence-corrected chi connectivity index (χ1v) is 11.8. The van der Waals surface area contributed by atoms with Gasteiger partial charge in [-0.1, -0.05) is 60.7 Å². The molecule has 8 heteroatoms. The fourth-order valence-corrected chi connectivity index (χ4v) is 5.10. The van der Waals surface area contributed by atoms with Crippen molar-refractivity contribution in [2.45, 2.75) is 20.0 Å². The van der Waals surface area contributed by atoms with Crippen LogP contribution in [-0.2, 0) is 17.9 Å². The Kier molecular flexibility index (Phi) is 5.96. The summed E-state index contributed by atoms with van der Waals surface area (Å²) in [6.45, 7) is 2.79. The van der Waals surface area contributed by atoms with E-state index in [0.29, 0.717) is 17.0 Å². The molecule has 1 saturated heterocycles. The van der Waals surface area contributed by atoms with Gasteiger partial charge in [0.05, 0.1) is 16.4 Å². The molecule has 4 aromatic rings. The van der Waals surface area contributed by atoms with E-state index in [1.807, 2.05) is 43.3 Å². The van der Waals surface area contributed by atoms with Crippen LogP contribution < -0.4 is 0 Å². The number of aromatic nitrogens is 1. The third kappa shape index (κ3) is 4.36. The van der Waals surface area contributed by atoms with Gasteiger partial charge < -0.3 is 4.57 Å². The smallest absolute Gasteiger partial charge is 0.293 e. The van der Waals surface area contributed by atoms with E-state index in [1.165, 1.54) is 22.6 Å². The van der Waals surface area contributed by atoms with Crippen LogP contribution in [0.2, 0.25) is 0 Å². The maximum atomic E-state index is 13.1. The number of benzene rings is 3. The highest BCUT2D eigenvalue weighted by Crippen LogP contribution is 2.36. The lowest BCUT2D eigenvalue weighted by molar-refractivity contribution is -0.384. The van der Waals surface area contributed by atoms with Gasteiger partial charge in [-0.2, -0.15) is 0 Å². The molecule has 0 N–H and O–H groups in total. The molecule has 0 unspecified atom stereocenters.